The van der Waals surface area contributed by atoms with Gasteiger partial charge in [0.15, 0.2) is 16.5 Å². The van der Waals surface area contributed by atoms with Crippen LogP contribution in [0.5, 0.6) is 17.2 Å². The molecule has 6 nitrogen and oxygen atoms in total. The largest absolute Gasteiger partial charge is 0.493 e. The lowest BCUT2D eigenvalue weighted by atomic mass is 10.1. The molecule has 0 saturated heterocycles. The second-order valence-electron chi connectivity index (χ2n) is 3.97. The number of thioether (sulfide) groups is 1. The van der Waals surface area contributed by atoms with Crippen LogP contribution in [0.25, 0.3) is 0 Å². The van der Waals surface area contributed by atoms with Crippen molar-refractivity contribution in [1.29, 1.82) is 0 Å². The average molecular weight is 283 g/mol. The van der Waals surface area contributed by atoms with Gasteiger partial charge in [-0.3, -0.25) is 5.73 Å². The Bertz CT molecular complexity index is 496. The van der Waals surface area contributed by atoms with E-state index in [0.717, 1.165) is 5.56 Å². The topological polar surface area (TPSA) is 91.8 Å². The molecule has 1 aromatic carbocycles. The fourth-order valence-corrected chi connectivity index (χ4v) is 2.67. The summed E-state index contributed by atoms with van der Waals surface area (Å²) in [7, 11) is 4.68. The summed E-state index contributed by atoms with van der Waals surface area (Å²) in [6, 6.07) is 3.60. The number of rotatable bonds is 4. The highest BCUT2D eigenvalue weighted by atomic mass is 32.2. The predicted molar refractivity (Wildman–Crippen MR) is 75.0 cm³/mol. The first-order chi connectivity index (χ1) is 9.04. The standard InChI is InChI=1S/C12H17N3O3S/c1-16-8-4-7(5-9(17-2)11(8)18-3)12(14)15-10(13)6-19-12/h4-6,15H,13-14H2,1-3H3. The molecule has 19 heavy (non-hydrogen) atoms. The molecule has 0 amide bonds. The van der Waals surface area contributed by atoms with Crippen LogP contribution in [-0.4, -0.2) is 21.3 Å². The van der Waals surface area contributed by atoms with E-state index in [2.05, 4.69) is 5.32 Å². The van der Waals surface area contributed by atoms with Crippen molar-refractivity contribution in [2.24, 2.45) is 11.5 Å². The number of nitrogens with two attached hydrogens (primary N) is 2. The molecule has 1 aliphatic rings. The van der Waals surface area contributed by atoms with Gasteiger partial charge in [-0.15, -0.1) is 0 Å². The van der Waals surface area contributed by atoms with Gasteiger partial charge in [-0.2, -0.15) is 0 Å². The summed E-state index contributed by atoms with van der Waals surface area (Å²) in [4.78, 5) is -0.836. The molecule has 1 aliphatic heterocycles. The summed E-state index contributed by atoms with van der Waals surface area (Å²) >= 11 is 1.39. The molecule has 104 valence electrons. The van der Waals surface area contributed by atoms with Gasteiger partial charge in [-0.1, -0.05) is 11.8 Å². The summed E-state index contributed by atoms with van der Waals surface area (Å²) in [6.07, 6.45) is 0. The number of methoxy groups -OCH3 is 3. The van der Waals surface area contributed by atoms with E-state index in [1.165, 1.54) is 11.8 Å². The van der Waals surface area contributed by atoms with Gasteiger partial charge in [-0.05, 0) is 12.1 Å². The van der Waals surface area contributed by atoms with Crippen LogP contribution < -0.4 is 31.0 Å². The number of benzene rings is 1. The van der Waals surface area contributed by atoms with Crippen molar-refractivity contribution in [3.05, 3.63) is 28.9 Å². The normalized spacial score (nSPS) is 21.6. The Morgan fingerprint density at radius 1 is 1.11 bits per heavy atom. The first kappa shape index (κ1) is 13.7. The molecule has 0 radical (unpaired) electrons. The smallest absolute Gasteiger partial charge is 0.203 e. The maximum Gasteiger partial charge on any atom is 0.203 e. The molecular formula is C12H17N3O3S. The van der Waals surface area contributed by atoms with E-state index in [1.807, 2.05) is 0 Å². The Kier molecular flexibility index (Phi) is 3.68. The SMILES string of the molecule is COc1cc(C2(N)NC(N)=CS2)cc(OC)c1OC. The first-order valence-corrected chi connectivity index (χ1v) is 6.43. The predicted octanol–water partition coefficient (Wildman–Crippen LogP) is 0.875. The van der Waals surface area contributed by atoms with Gasteiger partial charge >= 0.3 is 0 Å². The van der Waals surface area contributed by atoms with Gasteiger partial charge in [0.2, 0.25) is 5.75 Å². The zero-order valence-corrected chi connectivity index (χ0v) is 11.8. The molecule has 0 bridgehead atoms. The molecule has 0 aromatic heterocycles. The Morgan fingerprint density at radius 3 is 2.05 bits per heavy atom. The van der Waals surface area contributed by atoms with Crippen LogP contribution in [0.2, 0.25) is 0 Å². The molecule has 1 atom stereocenters. The van der Waals surface area contributed by atoms with Crippen molar-refractivity contribution in [3.8, 4) is 17.2 Å². The van der Waals surface area contributed by atoms with Crippen LogP contribution in [0.3, 0.4) is 0 Å². The second kappa shape index (κ2) is 5.10. The van der Waals surface area contributed by atoms with Crippen molar-refractivity contribution in [2.75, 3.05) is 21.3 Å². The number of hydrogen-bond donors (Lipinski definition) is 3. The monoisotopic (exact) mass is 283 g/mol. The summed E-state index contributed by atoms with van der Waals surface area (Å²) in [5.41, 5.74) is 12.8. The van der Waals surface area contributed by atoms with Crippen molar-refractivity contribution in [1.82, 2.24) is 5.32 Å². The third kappa shape index (κ3) is 2.39. The van der Waals surface area contributed by atoms with Crippen LogP contribution in [-0.2, 0) is 4.99 Å². The maximum atomic E-state index is 6.28. The van der Waals surface area contributed by atoms with E-state index in [4.69, 9.17) is 25.7 Å². The first-order valence-electron chi connectivity index (χ1n) is 5.55. The maximum absolute atomic E-state index is 6.28. The molecule has 0 fully saturated rings. The Balaban J connectivity index is 2.48. The minimum absolute atomic E-state index is 0.529. The zero-order chi connectivity index (χ0) is 14.0. The van der Waals surface area contributed by atoms with E-state index in [9.17, 15) is 0 Å². The summed E-state index contributed by atoms with van der Waals surface area (Å²) in [6.45, 7) is 0. The minimum atomic E-state index is -0.836. The van der Waals surface area contributed by atoms with Gasteiger partial charge in [0.05, 0.1) is 21.3 Å². The van der Waals surface area contributed by atoms with E-state index in [-0.39, 0.29) is 0 Å². The van der Waals surface area contributed by atoms with Gasteiger partial charge in [0.25, 0.3) is 0 Å². The Labute approximate surface area is 116 Å². The summed E-state index contributed by atoms with van der Waals surface area (Å²) in [5, 5.41) is 4.78. The summed E-state index contributed by atoms with van der Waals surface area (Å²) in [5.74, 6) is 2.16. The van der Waals surface area contributed by atoms with Crippen LogP contribution in [0, 0.1) is 0 Å². The quantitative estimate of drug-likeness (QED) is 0.755. The van der Waals surface area contributed by atoms with Crippen molar-refractivity contribution < 1.29 is 14.2 Å². The molecule has 0 spiro atoms. The molecule has 2 rings (SSSR count). The molecule has 0 saturated carbocycles. The molecule has 1 unspecified atom stereocenters. The van der Waals surface area contributed by atoms with Crippen LogP contribution in [0.1, 0.15) is 5.56 Å². The molecule has 1 heterocycles. The highest BCUT2D eigenvalue weighted by molar-refractivity contribution is 8.03. The van der Waals surface area contributed by atoms with Crippen molar-refractivity contribution in [2.45, 2.75) is 4.99 Å². The Hall–Kier alpha value is -1.73. The van der Waals surface area contributed by atoms with Gasteiger partial charge < -0.3 is 25.3 Å². The number of hydrogen-bond acceptors (Lipinski definition) is 7. The van der Waals surface area contributed by atoms with Crippen LogP contribution >= 0.6 is 11.8 Å². The molecule has 0 aliphatic carbocycles. The van der Waals surface area contributed by atoms with E-state index >= 15 is 0 Å². The highest BCUT2D eigenvalue weighted by Crippen LogP contribution is 2.43. The lowest BCUT2D eigenvalue weighted by molar-refractivity contribution is 0.323. The number of nitrogens with one attached hydrogen (secondary N) is 1. The molecule has 1 aromatic rings. The molecular weight excluding hydrogens is 266 g/mol. The van der Waals surface area contributed by atoms with Gasteiger partial charge in [-0.25, -0.2) is 0 Å². The minimum Gasteiger partial charge on any atom is -0.493 e. The second-order valence-corrected chi connectivity index (χ2v) is 5.08. The summed E-state index contributed by atoms with van der Waals surface area (Å²) < 4.78 is 15.9. The fraction of sp³-hybridized carbons (Fsp3) is 0.333. The lowest BCUT2D eigenvalue weighted by Crippen LogP contribution is -2.45. The third-order valence-corrected chi connectivity index (χ3v) is 3.88. The Morgan fingerprint density at radius 2 is 1.68 bits per heavy atom. The molecule has 7 heteroatoms. The van der Waals surface area contributed by atoms with E-state index in [0.29, 0.717) is 23.1 Å². The highest BCUT2D eigenvalue weighted by Gasteiger charge is 2.34. The number of ether oxygens (including phenoxy) is 3. The van der Waals surface area contributed by atoms with Crippen molar-refractivity contribution >= 4 is 11.8 Å². The van der Waals surface area contributed by atoms with Crippen LogP contribution in [0.15, 0.2) is 23.4 Å². The lowest BCUT2D eigenvalue weighted by Gasteiger charge is -2.26. The molecule has 5 N–H and O–H groups in total. The van der Waals surface area contributed by atoms with E-state index < -0.39 is 4.99 Å². The van der Waals surface area contributed by atoms with Crippen molar-refractivity contribution in [3.63, 3.8) is 0 Å². The third-order valence-electron chi connectivity index (χ3n) is 2.80. The van der Waals surface area contributed by atoms with Gasteiger partial charge in [0.1, 0.15) is 5.82 Å². The fourth-order valence-electron chi connectivity index (χ4n) is 1.87. The zero-order valence-electron chi connectivity index (χ0n) is 11.0. The van der Waals surface area contributed by atoms with Crippen LogP contribution in [0.4, 0.5) is 0 Å². The average Bonchev–Trinajstić information content (AvgIpc) is 2.77. The van der Waals surface area contributed by atoms with E-state index in [1.54, 1.807) is 38.9 Å². The van der Waals surface area contributed by atoms with Gasteiger partial charge in [0, 0.05) is 11.0 Å².